The highest BCUT2D eigenvalue weighted by molar-refractivity contribution is 5.85. The van der Waals surface area contributed by atoms with Crippen LogP contribution in [-0.2, 0) is 26.9 Å². The predicted molar refractivity (Wildman–Crippen MR) is 66.6 cm³/mol. The van der Waals surface area contributed by atoms with Crippen LogP contribution >= 0.6 is 0 Å². The lowest BCUT2D eigenvalue weighted by Crippen LogP contribution is -2.44. The Hall–Kier alpha value is -2.09. The van der Waals surface area contributed by atoms with Gasteiger partial charge in [-0.3, -0.25) is 4.79 Å². The number of ether oxygens (including phenoxy) is 1. The SMILES string of the molecule is COCC(NC(=O)Cc1ccccc1C(F)(F)F)C(=O)O. The van der Waals surface area contributed by atoms with Crippen molar-refractivity contribution in [2.24, 2.45) is 0 Å². The van der Waals surface area contributed by atoms with E-state index in [0.717, 1.165) is 6.07 Å². The fraction of sp³-hybridized carbons (Fsp3) is 0.385. The number of methoxy groups -OCH3 is 1. The molecule has 0 aliphatic rings. The Bertz CT molecular complexity index is 516. The maximum atomic E-state index is 12.8. The van der Waals surface area contributed by atoms with E-state index < -0.39 is 36.1 Å². The van der Waals surface area contributed by atoms with Crippen LogP contribution < -0.4 is 5.32 Å². The molecule has 0 aromatic heterocycles. The number of hydrogen-bond donors (Lipinski definition) is 2. The van der Waals surface area contributed by atoms with Gasteiger partial charge in [-0.2, -0.15) is 13.2 Å². The van der Waals surface area contributed by atoms with Crippen LogP contribution in [0, 0.1) is 0 Å². The molecule has 0 fully saturated rings. The number of nitrogens with one attached hydrogen (secondary N) is 1. The first-order valence-electron chi connectivity index (χ1n) is 5.92. The number of carboxylic acid groups (broad SMARTS) is 1. The van der Waals surface area contributed by atoms with Crippen molar-refractivity contribution in [1.82, 2.24) is 5.32 Å². The average Bonchev–Trinajstić information content (AvgIpc) is 2.37. The van der Waals surface area contributed by atoms with E-state index in [4.69, 9.17) is 5.11 Å². The fourth-order valence-electron chi connectivity index (χ4n) is 1.71. The quantitative estimate of drug-likeness (QED) is 0.834. The van der Waals surface area contributed by atoms with Crippen LogP contribution in [0.2, 0.25) is 0 Å². The van der Waals surface area contributed by atoms with E-state index in [1.165, 1.54) is 25.3 Å². The maximum Gasteiger partial charge on any atom is 0.416 e. The Kier molecular flexibility index (Phi) is 5.71. The first kappa shape index (κ1) is 17.0. The number of carbonyl (C=O) groups excluding carboxylic acids is 1. The predicted octanol–water partition coefficient (Wildman–Crippen LogP) is 1.46. The summed E-state index contributed by atoms with van der Waals surface area (Å²) in [6, 6.07) is 3.33. The van der Waals surface area contributed by atoms with Gasteiger partial charge in [-0.05, 0) is 11.6 Å². The van der Waals surface area contributed by atoms with Crippen LogP contribution in [0.15, 0.2) is 24.3 Å². The van der Waals surface area contributed by atoms with Crippen molar-refractivity contribution in [2.45, 2.75) is 18.6 Å². The number of hydrogen-bond acceptors (Lipinski definition) is 3. The molecule has 1 atom stereocenters. The second-order valence-corrected chi connectivity index (χ2v) is 4.25. The molecule has 116 valence electrons. The molecule has 1 aromatic carbocycles. The highest BCUT2D eigenvalue weighted by atomic mass is 19.4. The second-order valence-electron chi connectivity index (χ2n) is 4.25. The van der Waals surface area contributed by atoms with E-state index in [-0.39, 0.29) is 12.2 Å². The number of aliphatic carboxylic acids is 1. The molecule has 2 N–H and O–H groups in total. The summed E-state index contributed by atoms with van der Waals surface area (Å²) < 4.78 is 42.9. The third kappa shape index (κ3) is 5.07. The Labute approximate surface area is 118 Å². The van der Waals surface area contributed by atoms with Gasteiger partial charge < -0.3 is 15.2 Å². The molecule has 1 aromatic rings. The van der Waals surface area contributed by atoms with E-state index in [1.807, 2.05) is 0 Å². The van der Waals surface area contributed by atoms with Gasteiger partial charge in [0.2, 0.25) is 5.91 Å². The number of benzene rings is 1. The molecule has 0 spiro atoms. The van der Waals surface area contributed by atoms with E-state index >= 15 is 0 Å². The van der Waals surface area contributed by atoms with Crippen LogP contribution in [-0.4, -0.2) is 36.7 Å². The van der Waals surface area contributed by atoms with Crippen molar-refractivity contribution in [3.63, 3.8) is 0 Å². The smallest absolute Gasteiger partial charge is 0.416 e. The molecule has 0 heterocycles. The molecule has 1 amide bonds. The van der Waals surface area contributed by atoms with Crippen LogP contribution in [0.3, 0.4) is 0 Å². The molecule has 0 aliphatic carbocycles. The van der Waals surface area contributed by atoms with Crippen molar-refractivity contribution < 1.29 is 32.6 Å². The molecular formula is C13H14F3NO4. The summed E-state index contributed by atoms with van der Waals surface area (Å²) in [5, 5.41) is 10.9. The monoisotopic (exact) mass is 305 g/mol. The molecule has 1 unspecified atom stereocenters. The molecule has 0 saturated heterocycles. The van der Waals surface area contributed by atoms with Gasteiger partial charge in [-0.1, -0.05) is 18.2 Å². The second kappa shape index (κ2) is 7.07. The molecule has 8 heteroatoms. The Morgan fingerprint density at radius 2 is 1.95 bits per heavy atom. The maximum absolute atomic E-state index is 12.8. The molecule has 0 aliphatic heterocycles. The zero-order valence-corrected chi connectivity index (χ0v) is 11.1. The van der Waals surface area contributed by atoms with Gasteiger partial charge in [0.15, 0.2) is 6.04 Å². The zero-order chi connectivity index (χ0) is 16.0. The Balaban J connectivity index is 2.82. The third-order valence-corrected chi connectivity index (χ3v) is 2.64. The molecule has 5 nitrogen and oxygen atoms in total. The lowest BCUT2D eigenvalue weighted by atomic mass is 10.0. The van der Waals surface area contributed by atoms with Gasteiger partial charge in [0, 0.05) is 7.11 Å². The Morgan fingerprint density at radius 3 is 2.48 bits per heavy atom. The zero-order valence-electron chi connectivity index (χ0n) is 11.1. The minimum absolute atomic E-state index is 0.218. The van der Waals surface area contributed by atoms with Crippen LogP contribution in [0.5, 0.6) is 0 Å². The molecule has 1 rings (SSSR count). The highest BCUT2D eigenvalue weighted by Crippen LogP contribution is 2.31. The normalized spacial score (nSPS) is 12.8. The number of carbonyl (C=O) groups is 2. The van der Waals surface area contributed by atoms with Crippen molar-refractivity contribution in [3.8, 4) is 0 Å². The summed E-state index contributed by atoms with van der Waals surface area (Å²) in [5.41, 5.74) is -1.14. The van der Waals surface area contributed by atoms with Gasteiger partial charge in [0.05, 0.1) is 18.6 Å². The van der Waals surface area contributed by atoms with Gasteiger partial charge in [0.1, 0.15) is 0 Å². The van der Waals surface area contributed by atoms with E-state index in [9.17, 15) is 22.8 Å². The lowest BCUT2D eigenvalue weighted by Gasteiger charge is -2.15. The first-order chi connectivity index (χ1) is 9.75. The lowest BCUT2D eigenvalue weighted by molar-refractivity contribution is -0.143. The molecular weight excluding hydrogens is 291 g/mol. The number of amides is 1. The standard InChI is InChI=1S/C13H14F3NO4/c1-21-7-10(12(19)20)17-11(18)6-8-4-2-3-5-9(8)13(14,15)16/h2-5,10H,6-7H2,1H3,(H,17,18)(H,19,20). The summed E-state index contributed by atoms with van der Waals surface area (Å²) in [5.74, 6) is -2.15. The fourth-order valence-corrected chi connectivity index (χ4v) is 1.71. The topological polar surface area (TPSA) is 75.6 Å². The number of alkyl halides is 3. The van der Waals surface area contributed by atoms with Crippen LogP contribution in [0.25, 0.3) is 0 Å². The number of carboxylic acids is 1. The summed E-state index contributed by atoms with van der Waals surface area (Å²) in [4.78, 5) is 22.5. The van der Waals surface area contributed by atoms with Crippen LogP contribution in [0.4, 0.5) is 13.2 Å². The third-order valence-electron chi connectivity index (χ3n) is 2.64. The van der Waals surface area contributed by atoms with Crippen molar-refractivity contribution in [2.75, 3.05) is 13.7 Å². The number of halogens is 3. The minimum atomic E-state index is -4.57. The summed E-state index contributed by atoms with van der Waals surface area (Å²) >= 11 is 0. The minimum Gasteiger partial charge on any atom is -0.480 e. The summed E-state index contributed by atoms with van der Waals surface area (Å²) in [6.45, 7) is -0.276. The average molecular weight is 305 g/mol. The van der Waals surface area contributed by atoms with Gasteiger partial charge in [-0.25, -0.2) is 4.79 Å². The first-order valence-corrected chi connectivity index (χ1v) is 5.92. The Morgan fingerprint density at radius 1 is 1.33 bits per heavy atom. The van der Waals surface area contributed by atoms with Crippen molar-refractivity contribution >= 4 is 11.9 Å². The van der Waals surface area contributed by atoms with E-state index in [1.54, 1.807) is 0 Å². The molecule has 0 radical (unpaired) electrons. The van der Waals surface area contributed by atoms with E-state index in [2.05, 4.69) is 10.1 Å². The van der Waals surface area contributed by atoms with Crippen LogP contribution in [0.1, 0.15) is 11.1 Å². The highest BCUT2D eigenvalue weighted by Gasteiger charge is 2.33. The van der Waals surface area contributed by atoms with Gasteiger partial charge in [-0.15, -0.1) is 0 Å². The van der Waals surface area contributed by atoms with E-state index in [0.29, 0.717) is 0 Å². The molecule has 0 bridgehead atoms. The largest absolute Gasteiger partial charge is 0.480 e. The van der Waals surface area contributed by atoms with Gasteiger partial charge >= 0.3 is 12.1 Å². The summed E-state index contributed by atoms with van der Waals surface area (Å²) in [6.07, 6.45) is -5.14. The van der Waals surface area contributed by atoms with Crippen molar-refractivity contribution in [1.29, 1.82) is 0 Å². The number of rotatable bonds is 6. The summed E-state index contributed by atoms with van der Waals surface area (Å²) in [7, 11) is 1.25. The van der Waals surface area contributed by atoms with Crippen molar-refractivity contribution in [3.05, 3.63) is 35.4 Å². The molecule has 0 saturated carbocycles. The molecule has 21 heavy (non-hydrogen) atoms. The van der Waals surface area contributed by atoms with Gasteiger partial charge in [0.25, 0.3) is 0 Å².